The summed E-state index contributed by atoms with van der Waals surface area (Å²) in [5.74, 6) is 1.44. The van der Waals surface area contributed by atoms with Crippen molar-refractivity contribution in [2.75, 3.05) is 67.1 Å². The third-order valence-corrected chi connectivity index (χ3v) is 6.21. The van der Waals surface area contributed by atoms with E-state index in [1.54, 1.807) is 14.2 Å². The lowest BCUT2D eigenvalue weighted by Crippen LogP contribution is -2.38. The summed E-state index contributed by atoms with van der Waals surface area (Å²) in [5.41, 5.74) is 1.38. The summed E-state index contributed by atoms with van der Waals surface area (Å²) >= 11 is 0. The molecule has 3 aromatic carbocycles. The fourth-order valence-electron chi connectivity index (χ4n) is 4.25. The van der Waals surface area contributed by atoms with Crippen LogP contribution < -0.4 is 9.47 Å². The van der Waals surface area contributed by atoms with Gasteiger partial charge >= 0.3 is 0 Å². The molecule has 0 heterocycles. The summed E-state index contributed by atoms with van der Waals surface area (Å²) in [4.78, 5) is 0. The van der Waals surface area contributed by atoms with Crippen molar-refractivity contribution in [1.29, 1.82) is 0 Å². The van der Waals surface area contributed by atoms with E-state index in [4.69, 9.17) is 33.2 Å². The van der Waals surface area contributed by atoms with Crippen molar-refractivity contribution in [2.45, 2.75) is 25.2 Å². The van der Waals surface area contributed by atoms with E-state index >= 15 is 0 Å². The third kappa shape index (κ3) is 9.30. The van der Waals surface area contributed by atoms with Crippen LogP contribution in [-0.4, -0.2) is 78.5 Å². The van der Waals surface area contributed by atoms with Gasteiger partial charge in [0.15, 0.2) is 6.29 Å². The normalized spacial score (nSPS) is 12.3. The highest BCUT2D eigenvalue weighted by Crippen LogP contribution is 2.42. The summed E-state index contributed by atoms with van der Waals surface area (Å²) in [6.45, 7) is 5.57. The Hall–Kier alpha value is -2.98. The van der Waals surface area contributed by atoms with Crippen LogP contribution in [-0.2, 0) is 29.3 Å². The SMILES string of the molecule is CCCOCCOCCOCCOCC(O)OC(c1ccccc1)(c1ccc(OC)cc1)c1ccc(OC)cc1. The van der Waals surface area contributed by atoms with Crippen molar-refractivity contribution in [3.63, 3.8) is 0 Å². The molecule has 1 unspecified atom stereocenters. The molecule has 0 aromatic heterocycles. The van der Waals surface area contributed by atoms with E-state index in [9.17, 15) is 5.11 Å². The Labute approximate surface area is 237 Å². The fraction of sp³-hybridized carbons (Fsp3) is 0.438. The fourth-order valence-corrected chi connectivity index (χ4v) is 4.25. The predicted molar refractivity (Wildman–Crippen MR) is 153 cm³/mol. The van der Waals surface area contributed by atoms with Gasteiger partial charge in [-0.15, -0.1) is 0 Å². The van der Waals surface area contributed by atoms with Gasteiger partial charge in [-0.3, -0.25) is 0 Å². The minimum atomic E-state index is -1.23. The minimum Gasteiger partial charge on any atom is -0.497 e. The van der Waals surface area contributed by atoms with Crippen LogP contribution in [0.5, 0.6) is 11.5 Å². The van der Waals surface area contributed by atoms with E-state index in [1.165, 1.54) is 0 Å². The van der Waals surface area contributed by atoms with Crippen LogP contribution in [0.25, 0.3) is 0 Å². The predicted octanol–water partition coefficient (Wildman–Crippen LogP) is 4.81. The van der Waals surface area contributed by atoms with Gasteiger partial charge in [0, 0.05) is 6.61 Å². The second-order valence-electron chi connectivity index (χ2n) is 8.99. The second kappa shape index (κ2) is 17.7. The maximum Gasteiger partial charge on any atom is 0.180 e. The molecule has 0 amide bonds. The first-order chi connectivity index (χ1) is 19.6. The molecule has 0 spiro atoms. The van der Waals surface area contributed by atoms with Gasteiger partial charge in [0.25, 0.3) is 0 Å². The number of ether oxygens (including phenoxy) is 7. The molecule has 218 valence electrons. The van der Waals surface area contributed by atoms with E-state index in [0.717, 1.165) is 41.2 Å². The first-order valence-electron chi connectivity index (χ1n) is 13.7. The van der Waals surface area contributed by atoms with Crippen LogP contribution in [0.2, 0.25) is 0 Å². The van der Waals surface area contributed by atoms with Crippen molar-refractivity contribution in [1.82, 2.24) is 0 Å². The van der Waals surface area contributed by atoms with Gasteiger partial charge in [-0.25, -0.2) is 0 Å². The molecule has 0 radical (unpaired) electrons. The van der Waals surface area contributed by atoms with Crippen LogP contribution in [0, 0.1) is 0 Å². The molecule has 3 rings (SSSR count). The monoisotopic (exact) mass is 554 g/mol. The summed E-state index contributed by atoms with van der Waals surface area (Å²) in [7, 11) is 3.25. The van der Waals surface area contributed by atoms with Crippen molar-refractivity contribution in [3.8, 4) is 11.5 Å². The van der Waals surface area contributed by atoms with Gasteiger partial charge in [-0.2, -0.15) is 0 Å². The zero-order valence-electron chi connectivity index (χ0n) is 23.8. The Bertz CT molecular complexity index is 1010. The minimum absolute atomic E-state index is 0.0322. The van der Waals surface area contributed by atoms with Gasteiger partial charge in [0.1, 0.15) is 17.1 Å². The number of rotatable bonds is 20. The van der Waals surface area contributed by atoms with Crippen LogP contribution in [0.3, 0.4) is 0 Å². The number of hydrogen-bond donors (Lipinski definition) is 1. The summed E-state index contributed by atoms with van der Waals surface area (Å²) < 4.78 is 39.4. The van der Waals surface area contributed by atoms with E-state index in [0.29, 0.717) is 39.6 Å². The highest BCUT2D eigenvalue weighted by Gasteiger charge is 2.40. The number of benzene rings is 3. The Morgan fingerprint density at radius 2 is 1.00 bits per heavy atom. The molecule has 0 saturated carbocycles. The molecule has 3 aromatic rings. The van der Waals surface area contributed by atoms with Gasteiger partial charge < -0.3 is 38.3 Å². The topological polar surface area (TPSA) is 84.8 Å². The van der Waals surface area contributed by atoms with Crippen molar-refractivity contribution in [3.05, 3.63) is 95.6 Å². The molecule has 1 N–H and O–H groups in total. The quantitative estimate of drug-likeness (QED) is 0.121. The lowest BCUT2D eigenvalue weighted by atomic mass is 9.80. The van der Waals surface area contributed by atoms with Crippen molar-refractivity contribution in [2.24, 2.45) is 0 Å². The number of aliphatic hydroxyl groups is 1. The van der Waals surface area contributed by atoms with Crippen LogP contribution in [0.1, 0.15) is 30.0 Å². The van der Waals surface area contributed by atoms with E-state index in [-0.39, 0.29) is 6.61 Å². The van der Waals surface area contributed by atoms with E-state index in [1.807, 2.05) is 78.9 Å². The van der Waals surface area contributed by atoms with Crippen LogP contribution in [0.4, 0.5) is 0 Å². The molecule has 0 aliphatic carbocycles. The Balaban J connectivity index is 1.66. The molecule has 40 heavy (non-hydrogen) atoms. The zero-order chi connectivity index (χ0) is 28.5. The first-order valence-corrected chi connectivity index (χ1v) is 13.7. The van der Waals surface area contributed by atoms with Gasteiger partial charge in [0.05, 0.1) is 60.5 Å². The third-order valence-electron chi connectivity index (χ3n) is 6.21. The molecule has 8 nitrogen and oxygen atoms in total. The Morgan fingerprint density at radius 3 is 1.45 bits per heavy atom. The average molecular weight is 555 g/mol. The van der Waals surface area contributed by atoms with E-state index in [2.05, 4.69) is 6.92 Å². The molecular weight excluding hydrogens is 512 g/mol. The first kappa shape index (κ1) is 31.5. The van der Waals surface area contributed by atoms with Crippen molar-refractivity contribution < 1.29 is 38.3 Å². The summed E-state index contributed by atoms with van der Waals surface area (Å²) in [6.07, 6.45) is -0.227. The number of methoxy groups -OCH3 is 2. The summed E-state index contributed by atoms with van der Waals surface area (Å²) in [6, 6.07) is 25.1. The molecular formula is C32H42O8. The lowest BCUT2D eigenvalue weighted by Gasteiger charge is -2.37. The van der Waals surface area contributed by atoms with Gasteiger partial charge in [-0.05, 0) is 47.4 Å². The highest BCUT2D eigenvalue weighted by molar-refractivity contribution is 5.49. The molecule has 0 bridgehead atoms. The standard InChI is InChI=1S/C32H42O8/c1-4-18-36-19-20-37-21-22-38-23-24-39-25-31(33)40-32(26-8-6-5-7-9-26,27-10-14-29(34-2)15-11-27)28-12-16-30(35-3)17-13-28/h5-17,31,33H,4,18-25H2,1-3H3. The maximum absolute atomic E-state index is 11.1. The number of aliphatic hydroxyl groups excluding tert-OH is 1. The zero-order valence-corrected chi connectivity index (χ0v) is 23.8. The largest absolute Gasteiger partial charge is 0.497 e. The Kier molecular flexibility index (Phi) is 13.9. The molecule has 0 aliphatic heterocycles. The van der Waals surface area contributed by atoms with E-state index < -0.39 is 11.9 Å². The van der Waals surface area contributed by atoms with Crippen LogP contribution >= 0.6 is 0 Å². The Morgan fingerprint density at radius 1 is 0.575 bits per heavy atom. The second-order valence-corrected chi connectivity index (χ2v) is 8.99. The molecule has 1 atom stereocenters. The summed E-state index contributed by atoms with van der Waals surface area (Å²) in [5, 5.41) is 11.1. The molecule has 0 fully saturated rings. The lowest BCUT2D eigenvalue weighted by molar-refractivity contribution is -0.187. The molecule has 8 heteroatoms. The average Bonchev–Trinajstić information content (AvgIpc) is 3.01. The number of hydrogen-bond acceptors (Lipinski definition) is 8. The van der Waals surface area contributed by atoms with Gasteiger partial charge in [-0.1, -0.05) is 61.5 Å². The maximum atomic E-state index is 11.1. The van der Waals surface area contributed by atoms with Gasteiger partial charge in [0.2, 0.25) is 0 Å². The smallest absolute Gasteiger partial charge is 0.180 e. The highest BCUT2D eigenvalue weighted by atomic mass is 16.6. The molecule has 0 aliphatic rings. The van der Waals surface area contributed by atoms with Crippen molar-refractivity contribution >= 4 is 0 Å². The molecule has 0 saturated heterocycles. The van der Waals surface area contributed by atoms with Crippen LogP contribution in [0.15, 0.2) is 78.9 Å².